The van der Waals surface area contributed by atoms with Gasteiger partial charge in [-0.15, -0.1) is 22.9 Å². The molecule has 1 aliphatic carbocycles. The van der Waals surface area contributed by atoms with Gasteiger partial charge in [0.25, 0.3) is 0 Å². The maximum atomic E-state index is 6.71. The van der Waals surface area contributed by atoms with E-state index < -0.39 is 0 Å². The van der Waals surface area contributed by atoms with Crippen LogP contribution in [0.3, 0.4) is 0 Å². The number of rotatable bonds is 3. The fourth-order valence-corrected chi connectivity index (χ4v) is 4.73. The highest BCUT2D eigenvalue weighted by atomic mass is 79.9. The first kappa shape index (κ1) is 13.0. The molecular weight excluding hydrogens is 351 g/mol. The summed E-state index contributed by atoms with van der Waals surface area (Å²) in [6.07, 6.45) is 2.30. The number of benzene rings is 1. The highest BCUT2D eigenvalue weighted by Gasteiger charge is 2.51. The Morgan fingerprint density at radius 1 is 1.22 bits per heavy atom. The third-order valence-corrected chi connectivity index (χ3v) is 6.86. The second-order valence-electron chi connectivity index (χ2n) is 4.66. The first-order chi connectivity index (χ1) is 8.63. The van der Waals surface area contributed by atoms with Crippen molar-refractivity contribution in [2.24, 2.45) is 0 Å². The largest absolute Gasteiger partial charge is 0.126 e. The topological polar surface area (TPSA) is 0 Å². The van der Waals surface area contributed by atoms with Gasteiger partial charge in [-0.3, -0.25) is 0 Å². The third-order valence-electron chi connectivity index (χ3n) is 3.54. The molecule has 3 rings (SSSR count). The summed E-state index contributed by atoms with van der Waals surface area (Å²) in [4.78, 5) is 1.15. The van der Waals surface area contributed by atoms with Crippen LogP contribution in [0.2, 0.25) is 4.34 Å². The minimum Gasteiger partial charge on any atom is -0.126 e. The molecule has 1 heterocycles. The molecule has 1 aromatic heterocycles. The van der Waals surface area contributed by atoms with Gasteiger partial charge in [0.2, 0.25) is 0 Å². The van der Waals surface area contributed by atoms with Gasteiger partial charge >= 0.3 is 0 Å². The molecule has 1 aliphatic rings. The summed E-state index contributed by atoms with van der Waals surface area (Å²) in [6.45, 7) is 0. The first-order valence-electron chi connectivity index (χ1n) is 5.78. The summed E-state index contributed by atoms with van der Waals surface area (Å²) in [5, 5.41) is 0.00806. The average Bonchev–Trinajstić information content (AvgIpc) is 3.13. The van der Waals surface area contributed by atoms with E-state index in [0.29, 0.717) is 0 Å². The third kappa shape index (κ3) is 2.14. The molecule has 0 spiro atoms. The molecule has 1 fully saturated rings. The Labute approximate surface area is 129 Å². The van der Waals surface area contributed by atoms with Gasteiger partial charge in [0.1, 0.15) is 4.34 Å². The van der Waals surface area contributed by atoms with E-state index >= 15 is 0 Å². The van der Waals surface area contributed by atoms with Crippen LogP contribution < -0.4 is 0 Å². The van der Waals surface area contributed by atoms with Crippen molar-refractivity contribution in [3.8, 4) is 0 Å². The van der Waals surface area contributed by atoms with E-state index in [9.17, 15) is 0 Å². The van der Waals surface area contributed by atoms with Crippen molar-refractivity contribution >= 4 is 50.5 Å². The predicted molar refractivity (Wildman–Crippen MR) is 83.0 cm³/mol. The summed E-state index contributed by atoms with van der Waals surface area (Å²) in [6, 6.07) is 12.6. The second kappa shape index (κ2) is 4.82. The Hall–Kier alpha value is -0.0200. The Kier molecular flexibility index (Phi) is 3.48. The van der Waals surface area contributed by atoms with Crippen molar-refractivity contribution in [2.45, 2.75) is 23.6 Å². The SMILES string of the molecule is Clc1sc(C(Cl)C2(c3ccccc3)CC2)cc1Br. The molecule has 0 nitrogen and oxygen atoms in total. The lowest BCUT2D eigenvalue weighted by Crippen LogP contribution is -2.12. The van der Waals surface area contributed by atoms with Crippen LogP contribution in [0.4, 0.5) is 0 Å². The normalized spacial score (nSPS) is 18.6. The van der Waals surface area contributed by atoms with Crippen molar-refractivity contribution in [3.63, 3.8) is 0 Å². The lowest BCUT2D eigenvalue weighted by atomic mass is 9.91. The molecule has 1 unspecified atom stereocenters. The first-order valence-corrected chi connectivity index (χ1v) is 8.20. The van der Waals surface area contributed by atoms with E-state index in [2.05, 4.69) is 40.2 Å². The van der Waals surface area contributed by atoms with Crippen LogP contribution in [0, 0.1) is 0 Å². The van der Waals surface area contributed by atoms with Crippen molar-refractivity contribution in [1.82, 2.24) is 0 Å². The highest BCUT2D eigenvalue weighted by molar-refractivity contribution is 9.10. The second-order valence-corrected chi connectivity index (χ2v) is 7.63. The fraction of sp³-hybridized carbons (Fsp3) is 0.286. The molecule has 1 atom stereocenters. The maximum absolute atomic E-state index is 6.71. The monoisotopic (exact) mass is 360 g/mol. The van der Waals surface area contributed by atoms with Gasteiger partial charge in [-0.05, 0) is 40.4 Å². The Bertz CT molecular complexity index is 541. The van der Waals surface area contributed by atoms with Crippen LogP contribution >= 0.6 is 50.5 Å². The summed E-state index contributed by atoms with van der Waals surface area (Å²) in [5.74, 6) is 0. The van der Waals surface area contributed by atoms with E-state index in [-0.39, 0.29) is 10.8 Å². The molecule has 0 aliphatic heterocycles. The quantitative estimate of drug-likeness (QED) is 0.573. The molecule has 1 aromatic carbocycles. The highest BCUT2D eigenvalue weighted by Crippen LogP contribution is 2.60. The number of hydrogen-bond acceptors (Lipinski definition) is 1. The Morgan fingerprint density at radius 3 is 2.39 bits per heavy atom. The standard InChI is InChI=1S/C14H11BrCl2S/c15-10-8-11(18-13(10)17)12(16)14(6-7-14)9-4-2-1-3-5-9/h1-5,8,12H,6-7H2. The van der Waals surface area contributed by atoms with E-state index in [1.807, 2.05) is 12.1 Å². The number of alkyl halides is 1. The van der Waals surface area contributed by atoms with E-state index in [1.165, 1.54) is 5.56 Å². The van der Waals surface area contributed by atoms with Crippen LogP contribution in [0.5, 0.6) is 0 Å². The number of halogens is 3. The molecular formula is C14H11BrCl2S. The van der Waals surface area contributed by atoms with Crippen LogP contribution in [-0.2, 0) is 5.41 Å². The Morgan fingerprint density at radius 2 is 1.89 bits per heavy atom. The van der Waals surface area contributed by atoms with Gasteiger partial charge in [-0.25, -0.2) is 0 Å². The van der Waals surface area contributed by atoms with Crippen LogP contribution in [0.1, 0.15) is 28.7 Å². The summed E-state index contributed by atoms with van der Waals surface area (Å²) < 4.78 is 1.72. The van der Waals surface area contributed by atoms with Crippen LogP contribution in [0.25, 0.3) is 0 Å². The number of thiophene rings is 1. The van der Waals surface area contributed by atoms with Gasteiger partial charge < -0.3 is 0 Å². The molecule has 0 saturated heterocycles. The zero-order valence-electron chi connectivity index (χ0n) is 9.50. The van der Waals surface area contributed by atoms with E-state index in [1.54, 1.807) is 11.3 Å². The van der Waals surface area contributed by atoms with Gasteiger partial charge in [-0.1, -0.05) is 41.9 Å². The van der Waals surface area contributed by atoms with Crippen LogP contribution in [-0.4, -0.2) is 0 Å². The molecule has 94 valence electrons. The Balaban J connectivity index is 1.95. The molecule has 2 aromatic rings. The average molecular weight is 362 g/mol. The molecule has 0 bridgehead atoms. The summed E-state index contributed by atoms with van der Waals surface area (Å²) >= 11 is 17.8. The predicted octanol–water partition coefficient (Wildman–Crippen LogP) is 6.18. The minimum atomic E-state index is 0.00806. The molecule has 0 N–H and O–H groups in total. The molecule has 0 amide bonds. The van der Waals surface area contributed by atoms with Crippen molar-refractivity contribution in [1.29, 1.82) is 0 Å². The summed E-state index contributed by atoms with van der Waals surface area (Å²) in [5.41, 5.74) is 1.45. The molecule has 1 saturated carbocycles. The zero-order chi connectivity index (χ0) is 12.8. The van der Waals surface area contributed by atoms with Gasteiger partial charge in [0.05, 0.1) is 5.38 Å². The van der Waals surface area contributed by atoms with Crippen molar-refractivity contribution in [2.75, 3.05) is 0 Å². The maximum Gasteiger partial charge on any atom is 0.107 e. The van der Waals surface area contributed by atoms with E-state index in [0.717, 1.165) is 26.5 Å². The van der Waals surface area contributed by atoms with E-state index in [4.69, 9.17) is 23.2 Å². The van der Waals surface area contributed by atoms with Crippen LogP contribution in [0.15, 0.2) is 40.9 Å². The smallest absolute Gasteiger partial charge is 0.107 e. The number of hydrogen-bond donors (Lipinski definition) is 0. The minimum absolute atomic E-state index is 0.00806. The summed E-state index contributed by atoms with van der Waals surface area (Å²) in [7, 11) is 0. The van der Waals surface area contributed by atoms with Gasteiger partial charge in [0.15, 0.2) is 0 Å². The van der Waals surface area contributed by atoms with Crippen molar-refractivity contribution in [3.05, 3.63) is 55.6 Å². The van der Waals surface area contributed by atoms with Gasteiger partial charge in [-0.2, -0.15) is 0 Å². The molecule has 0 radical (unpaired) electrons. The lowest BCUT2D eigenvalue weighted by Gasteiger charge is -2.21. The molecule has 18 heavy (non-hydrogen) atoms. The zero-order valence-corrected chi connectivity index (χ0v) is 13.4. The molecule has 4 heteroatoms. The fourth-order valence-electron chi connectivity index (χ4n) is 2.35. The lowest BCUT2D eigenvalue weighted by molar-refractivity contribution is 0.670. The van der Waals surface area contributed by atoms with Gasteiger partial charge in [0, 0.05) is 14.8 Å². The van der Waals surface area contributed by atoms with Crippen molar-refractivity contribution < 1.29 is 0 Å².